The van der Waals surface area contributed by atoms with Gasteiger partial charge in [0.15, 0.2) is 0 Å². The van der Waals surface area contributed by atoms with E-state index in [1.807, 2.05) is 24.0 Å². The standard InChI is InChI=1S/C27H28FN5O2/c1-2-35-25-11-19(6-7-24(25)18-4-3-5-22(28)10-18)27(34)33(23-8-17(9-23)12-29)16-21-14-30-13-20-15-31-32-26(20)21/h3-7,10-11,13-15,17,23H,2,8-9,12,16,29H2,1H3,(H,31,32). The minimum atomic E-state index is -0.322. The number of carbonyl (C=O) groups excluding carboxylic acids is 1. The largest absolute Gasteiger partial charge is 0.493 e. The average Bonchev–Trinajstić information content (AvgIpc) is 3.32. The summed E-state index contributed by atoms with van der Waals surface area (Å²) in [7, 11) is 0. The Hall–Kier alpha value is -3.78. The highest BCUT2D eigenvalue weighted by Crippen LogP contribution is 2.36. The number of hydrogen-bond acceptors (Lipinski definition) is 5. The Bertz CT molecular complexity index is 1350. The molecule has 4 aromatic rings. The molecule has 1 aliphatic rings. The molecular weight excluding hydrogens is 445 g/mol. The molecule has 8 heteroatoms. The number of hydrogen-bond donors (Lipinski definition) is 2. The SMILES string of the molecule is CCOc1cc(C(=O)N(Cc2cncc3cn[nH]c23)C2CC(CN)C2)ccc1-c1cccc(F)c1. The maximum Gasteiger partial charge on any atom is 0.254 e. The lowest BCUT2D eigenvalue weighted by Gasteiger charge is -2.42. The number of H-pyrrole nitrogens is 1. The van der Waals surface area contributed by atoms with Crippen molar-refractivity contribution in [3.05, 3.63) is 78.0 Å². The van der Waals surface area contributed by atoms with Gasteiger partial charge in [0.1, 0.15) is 11.6 Å². The van der Waals surface area contributed by atoms with Crippen molar-refractivity contribution in [1.82, 2.24) is 20.1 Å². The van der Waals surface area contributed by atoms with Gasteiger partial charge in [-0.2, -0.15) is 5.10 Å². The molecule has 180 valence electrons. The van der Waals surface area contributed by atoms with Crippen LogP contribution in [0.1, 0.15) is 35.7 Å². The zero-order valence-electron chi connectivity index (χ0n) is 19.6. The molecule has 0 unspecified atom stereocenters. The number of aromatic amines is 1. The summed E-state index contributed by atoms with van der Waals surface area (Å²) < 4.78 is 19.7. The van der Waals surface area contributed by atoms with Crippen LogP contribution in [0.25, 0.3) is 22.0 Å². The first-order valence-corrected chi connectivity index (χ1v) is 11.9. The molecule has 0 radical (unpaired) electrons. The monoisotopic (exact) mass is 473 g/mol. The number of nitrogens with two attached hydrogens (primary N) is 1. The number of ether oxygens (including phenoxy) is 1. The number of carbonyl (C=O) groups is 1. The average molecular weight is 474 g/mol. The third kappa shape index (κ3) is 4.61. The molecule has 0 aliphatic heterocycles. The van der Waals surface area contributed by atoms with Crippen molar-refractivity contribution in [3.63, 3.8) is 0 Å². The van der Waals surface area contributed by atoms with E-state index in [0.29, 0.717) is 42.5 Å². The van der Waals surface area contributed by atoms with Crippen LogP contribution in [0.5, 0.6) is 5.75 Å². The van der Waals surface area contributed by atoms with Crippen LogP contribution >= 0.6 is 0 Å². The van der Waals surface area contributed by atoms with Crippen LogP contribution in [0.15, 0.2) is 61.1 Å². The summed E-state index contributed by atoms with van der Waals surface area (Å²) in [6, 6.07) is 11.8. The molecule has 35 heavy (non-hydrogen) atoms. The summed E-state index contributed by atoms with van der Waals surface area (Å²) in [5, 5.41) is 8.05. The second kappa shape index (κ2) is 9.84. The fourth-order valence-electron chi connectivity index (χ4n) is 4.73. The lowest BCUT2D eigenvalue weighted by molar-refractivity contribution is 0.0444. The zero-order valence-corrected chi connectivity index (χ0v) is 19.6. The fraction of sp³-hybridized carbons (Fsp3) is 0.296. The lowest BCUT2D eigenvalue weighted by atomic mass is 9.79. The minimum Gasteiger partial charge on any atom is -0.493 e. The van der Waals surface area contributed by atoms with E-state index in [1.165, 1.54) is 12.1 Å². The molecule has 3 N–H and O–H groups in total. The number of nitrogens with zero attached hydrogens (tertiary/aromatic N) is 3. The number of rotatable bonds is 8. The number of halogens is 1. The van der Waals surface area contributed by atoms with E-state index in [2.05, 4.69) is 15.2 Å². The van der Waals surface area contributed by atoms with Crippen molar-refractivity contribution >= 4 is 16.8 Å². The second-order valence-corrected chi connectivity index (χ2v) is 8.95. The van der Waals surface area contributed by atoms with Crippen LogP contribution in [0.2, 0.25) is 0 Å². The summed E-state index contributed by atoms with van der Waals surface area (Å²) in [5.74, 6) is 0.562. The Kier molecular flexibility index (Phi) is 6.46. The molecule has 1 saturated carbocycles. The lowest BCUT2D eigenvalue weighted by Crippen LogP contribution is -2.49. The van der Waals surface area contributed by atoms with Gasteiger partial charge < -0.3 is 15.4 Å². The second-order valence-electron chi connectivity index (χ2n) is 8.95. The highest BCUT2D eigenvalue weighted by atomic mass is 19.1. The summed E-state index contributed by atoms with van der Waals surface area (Å²) in [6.07, 6.45) is 6.99. The van der Waals surface area contributed by atoms with Crippen LogP contribution in [-0.2, 0) is 6.54 Å². The van der Waals surface area contributed by atoms with Gasteiger partial charge in [-0.25, -0.2) is 4.39 Å². The predicted octanol–water partition coefficient (Wildman–Crippen LogP) is 4.54. The molecule has 0 saturated heterocycles. The van der Waals surface area contributed by atoms with E-state index in [0.717, 1.165) is 34.9 Å². The molecule has 1 fully saturated rings. The van der Waals surface area contributed by atoms with Crippen molar-refractivity contribution in [3.8, 4) is 16.9 Å². The number of nitrogens with one attached hydrogen (secondary N) is 1. The van der Waals surface area contributed by atoms with Crippen LogP contribution in [0, 0.1) is 11.7 Å². The molecule has 5 rings (SSSR count). The van der Waals surface area contributed by atoms with E-state index < -0.39 is 0 Å². The number of aromatic nitrogens is 3. The summed E-state index contributed by atoms with van der Waals surface area (Å²) in [6.45, 7) is 3.34. The van der Waals surface area contributed by atoms with Crippen molar-refractivity contribution in [2.45, 2.75) is 32.4 Å². The highest BCUT2D eigenvalue weighted by Gasteiger charge is 2.36. The maximum atomic E-state index is 13.9. The maximum absolute atomic E-state index is 13.9. The summed E-state index contributed by atoms with van der Waals surface area (Å²) in [5.41, 5.74) is 9.62. The van der Waals surface area contributed by atoms with Crippen LogP contribution in [-0.4, -0.2) is 45.2 Å². The molecular formula is C27H28FN5O2. The zero-order chi connectivity index (χ0) is 24.4. The molecule has 7 nitrogen and oxygen atoms in total. The fourth-order valence-corrected chi connectivity index (χ4v) is 4.73. The van der Waals surface area contributed by atoms with Gasteiger partial charge in [0.2, 0.25) is 0 Å². The van der Waals surface area contributed by atoms with Crippen molar-refractivity contribution < 1.29 is 13.9 Å². The summed E-state index contributed by atoms with van der Waals surface area (Å²) in [4.78, 5) is 20.1. The Morgan fingerprint density at radius 2 is 2.06 bits per heavy atom. The first-order chi connectivity index (χ1) is 17.1. The van der Waals surface area contributed by atoms with Gasteiger partial charge in [0.25, 0.3) is 5.91 Å². The Morgan fingerprint density at radius 3 is 2.83 bits per heavy atom. The quantitative estimate of drug-likeness (QED) is 0.392. The topological polar surface area (TPSA) is 97.1 Å². The number of benzene rings is 2. The van der Waals surface area contributed by atoms with Gasteiger partial charge in [-0.05, 0) is 68.1 Å². The van der Waals surface area contributed by atoms with E-state index in [1.54, 1.807) is 36.8 Å². The molecule has 0 bridgehead atoms. The number of pyridine rings is 1. The van der Waals surface area contributed by atoms with Gasteiger partial charge in [-0.1, -0.05) is 12.1 Å². The highest BCUT2D eigenvalue weighted by molar-refractivity contribution is 5.96. The Morgan fingerprint density at radius 1 is 1.20 bits per heavy atom. The van der Waals surface area contributed by atoms with Gasteiger partial charge >= 0.3 is 0 Å². The van der Waals surface area contributed by atoms with E-state index in [9.17, 15) is 9.18 Å². The molecule has 2 heterocycles. The number of amides is 1. The third-order valence-corrected chi connectivity index (χ3v) is 6.68. The predicted molar refractivity (Wildman–Crippen MR) is 132 cm³/mol. The van der Waals surface area contributed by atoms with Crippen molar-refractivity contribution in [2.75, 3.05) is 13.2 Å². The van der Waals surface area contributed by atoms with Crippen molar-refractivity contribution in [1.29, 1.82) is 0 Å². The van der Waals surface area contributed by atoms with Gasteiger partial charge in [-0.15, -0.1) is 0 Å². The van der Waals surface area contributed by atoms with E-state index in [-0.39, 0.29) is 17.8 Å². The van der Waals surface area contributed by atoms with Crippen LogP contribution in [0.3, 0.4) is 0 Å². The number of fused-ring (bicyclic) bond motifs is 1. The van der Waals surface area contributed by atoms with Crippen LogP contribution < -0.4 is 10.5 Å². The molecule has 2 aromatic heterocycles. The van der Waals surface area contributed by atoms with Crippen molar-refractivity contribution in [2.24, 2.45) is 11.7 Å². The Balaban J connectivity index is 1.49. The van der Waals surface area contributed by atoms with Gasteiger partial charge in [0.05, 0.1) is 18.3 Å². The van der Waals surface area contributed by atoms with E-state index in [4.69, 9.17) is 10.5 Å². The molecule has 2 aromatic carbocycles. The van der Waals surface area contributed by atoms with Crippen LogP contribution in [0.4, 0.5) is 4.39 Å². The molecule has 0 atom stereocenters. The molecule has 0 spiro atoms. The normalized spacial score (nSPS) is 17.2. The Labute approximate surface area is 203 Å². The van der Waals surface area contributed by atoms with Gasteiger partial charge in [-0.3, -0.25) is 14.9 Å². The first-order valence-electron chi connectivity index (χ1n) is 11.9. The molecule has 1 aliphatic carbocycles. The smallest absolute Gasteiger partial charge is 0.254 e. The summed E-state index contributed by atoms with van der Waals surface area (Å²) >= 11 is 0. The molecule has 1 amide bonds. The minimum absolute atomic E-state index is 0.0891. The van der Waals surface area contributed by atoms with Gasteiger partial charge in [0, 0.05) is 47.1 Å². The third-order valence-electron chi connectivity index (χ3n) is 6.68. The van der Waals surface area contributed by atoms with E-state index >= 15 is 0 Å². The first kappa shape index (κ1) is 23.0.